The molecule has 0 atom stereocenters. The lowest BCUT2D eigenvalue weighted by molar-refractivity contribution is 0.0939. The fraction of sp³-hybridized carbons (Fsp3) is 0.500. The van der Waals surface area contributed by atoms with Gasteiger partial charge in [-0.1, -0.05) is 26.0 Å². The largest absolute Gasteiger partial charge is 0.354 e. The van der Waals surface area contributed by atoms with Crippen LogP contribution in [0.4, 0.5) is 10.2 Å². The van der Waals surface area contributed by atoms with Crippen molar-refractivity contribution in [2.24, 2.45) is 5.92 Å². The average molecular weight is 397 g/mol. The molecule has 1 amide bonds. The summed E-state index contributed by atoms with van der Waals surface area (Å²) in [5.74, 6) is 1.82. The number of aromatic nitrogens is 2. The molecule has 6 nitrogen and oxygen atoms in total. The van der Waals surface area contributed by atoms with Gasteiger partial charge in [0.15, 0.2) is 0 Å². The lowest BCUT2D eigenvalue weighted by Crippen LogP contribution is -2.47. The molecule has 2 aliphatic rings. The molecule has 7 heteroatoms. The number of hydrogen-bond acceptors (Lipinski definition) is 5. The minimum Gasteiger partial charge on any atom is -0.354 e. The van der Waals surface area contributed by atoms with Gasteiger partial charge in [-0.05, 0) is 30.0 Å². The highest BCUT2D eigenvalue weighted by Gasteiger charge is 2.28. The van der Waals surface area contributed by atoms with E-state index >= 15 is 0 Å². The molecular formula is C22H28FN5O. The predicted molar refractivity (Wildman–Crippen MR) is 111 cm³/mol. The molecule has 1 N–H and O–H groups in total. The Labute approximate surface area is 171 Å². The molecule has 0 aliphatic carbocycles. The standard InChI is InChI=1S/C22H28FN5O/c1-15(2)13-19-25-20-18(7-8-24-22(20)29)21(26-19)28-11-9-27(10-12-28)14-16-3-5-17(23)6-4-16/h3-6,15H,7-14H2,1-2H3,(H,24,29). The van der Waals surface area contributed by atoms with E-state index in [0.717, 1.165) is 68.3 Å². The van der Waals surface area contributed by atoms with Gasteiger partial charge in [0.1, 0.15) is 23.2 Å². The summed E-state index contributed by atoms with van der Waals surface area (Å²) in [7, 11) is 0. The van der Waals surface area contributed by atoms with E-state index < -0.39 is 0 Å². The van der Waals surface area contributed by atoms with E-state index in [0.29, 0.717) is 18.2 Å². The third-order valence-corrected chi connectivity index (χ3v) is 5.49. The lowest BCUT2D eigenvalue weighted by Gasteiger charge is -2.37. The summed E-state index contributed by atoms with van der Waals surface area (Å²) in [6.45, 7) is 9.24. The van der Waals surface area contributed by atoms with E-state index in [1.165, 1.54) is 12.1 Å². The van der Waals surface area contributed by atoms with E-state index in [1.807, 2.05) is 12.1 Å². The molecule has 29 heavy (non-hydrogen) atoms. The maximum absolute atomic E-state index is 13.1. The Morgan fingerprint density at radius 1 is 1.10 bits per heavy atom. The van der Waals surface area contributed by atoms with Gasteiger partial charge >= 0.3 is 0 Å². The number of halogens is 1. The van der Waals surface area contributed by atoms with Crippen LogP contribution in [0.5, 0.6) is 0 Å². The summed E-state index contributed by atoms with van der Waals surface area (Å²) in [5.41, 5.74) is 2.65. The maximum Gasteiger partial charge on any atom is 0.270 e. The Morgan fingerprint density at radius 2 is 1.83 bits per heavy atom. The smallest absolute Gasteiger partial charge is 0.270 e. The number of nitrogens with zero attached hydrogens (tertiary/aromatic N) is 4. The van der Waals surface area contributed by atoms with Crippen molar-refractivity contribution in [1.82, 2.24) is 20.2 Å². The number of rotatable bonds is 5. The quantitative estimate of drug-likeness (QED) is 0.840. The van der Waals surface area contributed by atoms with Crippen LogP contribution < -0.4 is 10.2 Å². The van der Waals surface area contributed by atoms with Gasteiger partial charge in [-0.25, -0.2) is 14.4 Å². The van der Waals surface area contributed by atoms with Crippen LogP contribution in [0, 0.1) is 11.7 Å². The van der Waals surface area contributed by atoms with Crippen molar-refractivity contribution in [3.05, 3.63) is 52.7 Å². The van der Waals surface area contributed by atoms with Gasteiger partial charge < -0.3 is 10.2 Å². The van der Waals surface area contributed by atoms with Crippen LogP contribution in [-0.2, 0) is 19.4 Å². The van der Waals surface area contributed by atoms with Gasteiger partial charge in [0.2, 0.25) is 0 Å². The fourth-order valence-electron chi connectivity index (χ4n) is 4.00. The number of amides is 1. The number of carbonyl (C=O) groups excluding carboxylic acids is 1. The molecule has 2 aliphatic heterocycles. The molecule has 154 valence electrons. The molecule has 0 unspecified atom stereocenters. The van der Waals surface area contributed by atoms with Crippen LogP contribution in [0.2, 0.25) is 0 Å². The molecule has 0 radical (unpaired) electrons. The first-order chi connectivity index (χ1) is 14.0. The number of nitrogens with one attached hydrogen (secondary N) is 1. The summed E-state index contributed by atoms with van der Waals surface area (Å²) in [6.07, 6.45) is 1.53. The van der Waals surface area contributed by atoms with Crippen molar-refractivity contribution in [3.8, 4) is 0 Å². The van der Waals surface area contributed by atoms with Crippen molar-refractivity contribution in [2.75, 3.05) is 37.6 Å². The molecule has 1 fully saturated rings. The van der Waals surface area contributed by atoms with Gasteiger partial charge in [-0.2, -0.15) is 0 Å². The van der Waals surface area contributed by atoms with Crippen LogP contribution in [0.3, 0.4) is 0 Å². The second-order valence-corrected chi connectivity index (χ2v) is 8.28. The van der Waals surface area contributed by atoms with Crippen molar-refractivity contribution < 1.29 is 9.18 Å². The average Bonchev–Trinajstić information content (AvgIpc) is 2.70. The predicted octanol–water partition coefficient (Wildman–Crippen LogP) is 2.42. The number of carbonyl (C=O) groups is 1. The zero-order chi connectivity index (χ0) is 20.4. The molecule has 0 saturated carbocycles. The monoisotopic (exact) mass is 397 g/mol. The Hall–Kier alpha value is -2.54. The molecule has 1 aromatic heterocycles. The Kier molecular flexibility index (Phi) is 5.76. The van der Waals surface area contributed by atoms with Crippen LogP contribution >= 0.6 is 0 Å². The van der Waals surface area contributed by atoms with Gasteiger partial charge in [0, 0.05) is 51.3 Å². The van der Waals surface area contributed by atoms with E-state index in [4.69, 9.17) is 4.98 Å². The fourth-order valence-corrected chi connectivity index (χ4v) is 4.00. The van der Waals surface area contributed by atoms with Gasteiger partial charge in [-0.15, -0.1) is 0 Å². The van der Waals surface area contributed by atoms with E-state index in [1.54, 1.807) is 0 Å². The summed E-state index contributed by atoms with van der Waals surface area (Å²) in [6, 6.07) is 6.72. The molecule has 0 bridgehead atoms. The highest BCUT2D eigenvalue weighted by Crippen LogP contribution is 2.26. The third-order valence-electron chi connectivity index (χ3n) is 5.49. The van der Waals surface area contributed by atoms with Crippen molar-refractivity contribution >= 4 is 11.7 Å². The molecule has 3 heterocycles. The number of anilines is 1. The number of hydrogen-bond donors (Lipinski definition) is 1. The van der Waals surface area contributed by atoms with Gasteiger partial charge in [-0.3, -0.25) is 9.69 Å². The topological polar surface area (TPSA) is 61.4 Å². The first kappa shape index (κ1) is 19.8. The molecular weight excluding hydrogens is 369 g/mol. The molecule has 2 aromatic rings. The van der Waals surface area contributed by atoms with Crippen molar-refractivity contribution in [1.29, 1.82) is 0 Å². The maximum atomic E-state index is 13.1. The summed E-state index contributed by atoms with van der Waals surface area (Å²) >= 11 is 0. The van der Waals surface area contributed by atoms with Crippen LogP contribution in [0.25, 0.3) is 0 Å². The molecule has 0 spiro atoms. The Morgan fingerprint density at radius 3 is 2.52 bits per heavy atom. The molecule has 1 aromatic carbocycles. The highest BCUT2D eigenvalue weighted by molar-refractivity contribution is 5.96. The Bertz CT molecular complexity index is 876. The zero-order valence-electron chi connectivity index (χ0n) is 17.1. The third kappa shape index (κ3) is 4.56. The van der Waals surface area contributed by atoms with Crippen LogP contribution in [0.1, 0.15) is 41.3 Å². The van der Waals surface area contributed by atoms with E-state index in [-0.39, 0.29) is 11.7 Å². The Balaban J connectivity index is 1.50. The van der Waals surface area contributed by atoms with E-state index in [2.05, 4.69) is 33.9 Å². The first-order valence-electron chi connectivity index (χ1n) is 10.4. The van der Waals surface area contributed by atoms with Crippen LogP contribution in [-0.4, -0.2) is 53.5 Å². The summed E-state index contributed by atoms with van der Waals surface area (Å²) < 4.78 is 13.1. The summed E-state index contributed by atoms with van der Waals surface area (Å²) in [4.78, 5) is 26.5. The molecule has 1 saturated heterocycles. The highest BCUT2D eigenvalue weighted by atomic mass is 19.1. The van der Waals surface area contributed by atoms with Crippen LogP contribution in [0.15, 0.2) is 24.3 Å². The lowest BCUT2D eigenvalue weighted by atomic mass is 10.0. The normalized spacial score (nSPS) is 17.4. The number of fused-ring (bicyclic) bond motifs is 1. The summed E-state index contributed by atoms with van der Waals surface area (Å²) in [5, 5.41) is 2.90. The minimum atomic E-state index is -0.201. The van der Waals surface area contributed by atoms with Crippen molar-refractivity contribution in [2.45, 2.75) is 33.2 Å². The zero-order valence-corrected chi connectivity index (χ0v) is 17.1. The van der Waals surface area contributed by atoms with Crippen molar-refractivity contribution in [3.63, 3.8) is 0 Å². The SMILES string of the molecule is CC(C)Cc1nc2c(c(N3CCN(Cc4ccc(F)cc4)CC3)n1)CCNC2=O. The number of benzene rings is 1. The number of piperazine rings is 1. The second kappa shape index (κ2) is 8.45. The van der Waals surface area contributed by atoms with Gasteiger partial charge in [0.25, 0.3) is 5.91 Å². The minimum absolute atomic E-state index is 0.0881. The first-order valence-corrected chi connectivity index (χ1v) is 10.4. The van der Waals surface area contributed by atoms with E-state index in [9.17, 15) is 9.18 Å². The molecule has 4 rings (SSSR count). The van der Waals surface area contributed by atoms with Gasteiger partial charge in [0.05, 0.1) is 0 Å². The second-order valence-electron chi connectivity index (χ2n) is 8.28.